The zero-order valence-corrected chi connectivity index (χ0v) is 14.8. The van der Waals surface area contributed by atoms with Crippen LogP contribution in [0.3, 0.4) is 0 Å². The largest absolute Gasteiger partial charge is 0.352 e. The van der Waals surface area contributed by atoms with Gasteiger partial charge in [-0.3, -0.25) is 4.68 Å². The summed E-state index contributed by atoms with van der Waals surface area (Å²) >= 11 is 5.85. The molecule has 0 amide bonds. The van der Waals surface area contributed by atoms with Crippen LogP contribution in [0.2, 0.25) is 0 Å². The molecule has 0 saturated carbocycles. The fourth-order valence-electron chi connectivity index (χ4n) is 2.47. The highest BCUT2D eigenvalue weighted by Crippen LogP contribution is 2.30. The van der Waals surface area contributed by atoms with E-state index in [2.05, 4.69) is 20.4 Å². The van der Waals surface area contributed by atoms with E-state index in [1.165, 1.54) is 12.1 Å². The average molecular weight is 360 g/mol. The zero-order chi connectivity index (χ0) is 17.8. The fraction of sp³-hybridized carbons (Fsp3) is 0.278. The van der Waals surface area contributed by atoms with Gasteiger partial charge >= 0.3 is 0 Å². The van der Waals surface area contributed by atoms with Crippen LogP contribution in [0.4, 0.5) is 10.3 Å². The van der Waals surface area contributed by atoms with Crippen molar-refractivity contribution in [2.45, 2.75) is 26.4 Å². The van der Waals surface area contributed by atoms with Gasteiger partial charge in [0.05, 0.1) is 12.2 Å². The van der Waals surface area contributed by atoms with Crippen LogP contribution in [-0.2, 0) is 6.54 Å². The van der Waals surface area contributed by atoms with Gasteiger partial charge in [-0.05, 0) is 44.2 Å². The summed E-state index contributed by atoms with van der Waals surface area (Å²) in [6.07, 6.45) is 3.61. The predicted molar refractivity (Wildman–Crippen MR) is 98.1 cm³/mol. The molecule has 5 nitrogen and oxygen atoms in total. The third kappa shape index (κ3) is 4.14. The van der Waals surface area contributed by atoms with Crippen molar-refractivity contribution in [3.8, 4) is 22.5 Å². The monoisotopic (exact) mass is 359 g/mol. The molecule has 2 heterocycles. The van der Waals surface area contributed by atoms with Crippen LogP contribution in [0.15, 0.2) is 42.7 Å². The molecule has 130 valence electrons. The Kier molecular flexibility index (Phi) is 5.28. The van der Waals surface area contributed by atoms with Crippen LogP contribution in [-0.4, -0.2) is 31.7 Å². The minimum atomic E-state index is -0.282. The highest BCUT2D eigenvalue weighted by Gasteiger charge is 2.15. The molecule has 3 aromatic rings. The third-order valence-corrected chi connectivity index (χ3v) is 3.71. The predicted octanol–water partition coefficient (Wildman–Crippen LogP) is 4.21. The van der Waals surface area contributed by atoms with Crippen molar-refractivity contribution in [2.24, 2.45) is 0 Å². The third-order valence-electron chi connectivity index (χ3n) is 3.54. The Morgan fingerprint density at radius 1 is 1.20 bits per heavy atom. The Morgan fingerprint density at radius 2 is 1.96 bits per heavy atom. The fourth-order valence-corrected chi connectivity index (χ4v) is 2.64. The minimum Gasteiger partial charge on any atom is -0.352 e. The quantitative estimate of drug-likeness (QED) is 0.670. The second-order valence-corrected chi connectivity index (χ2v) is 6.29. The lowest BCUT2D eigenvalue weighted by molar-refractivity contribution is 0.628. The van der Waals surface area contributed by atoms with Gasteiger partial charge in [0, 0.05) is 35.4 Å². The number of aromatic nitrogens is 4. The number of rotatable bonds is 6. The highest BCUT2D eigenvalue weighted by molar-refractivity contribution is 6.17. The maximum atomic E-state index is 13.3. The summed E-state index contributed by atoms with van der Waals surface area (Å²) in [5.41, 5.74) is 3.16. The van der Waals surface area contributed by atoms with Crippen LogP contribution in [0.25, 0.3) is 22.5 Å². The van der Waals surface area contributed by atoms with E-state index in [4.69, 9.17) is 11.6 Å². The topological polar surface area (TPSA) is 55.6 Å². The number of alkyl halides is 1. The minimum absolute atomic E-state index is 0.228. The first-order valence-corrected chi connectivity index (χ1v) is 8.59. The Balaban J connectivity index is 2.06. The molecule has 0 bridgehead atoms. The molecule has 2 aromatic heterocycles. The molecule has 0 spiro atoms. The average Bonchev–Trinajstić information content (AvgIpc) is 2.99. The summed E-state index contributed by atoms with van der Waals surface area (Å²) < 4.78 is 15.0. The molecule has 0 aliphatic carbocycles. The number of nitrogens with one attached hydrogen (secondary N) is 1. The number of hydrogen-bond acceptors (Lipinski definition) is 4. The molecular weight excluding hydrogens is 341 g/mol. The van der Waals surface area contributed by atoms with Gasteiger partial charge in [0.1, 0.15) is 11.5 Å². The lowest BCUT2D eigenvalue weighted by Crippen LogP contribution is -2.12. The van der Waals surface area contributed by atoms with Crippen molar-refractivity contribution >= 4 is 17.5 Å². The van der Waals surface area contributed by atoms with Crippen LogP contribution >= 0.6 is 11.6 Å². The lowest BCUT2D eigenvalue weighted by Gasteiger charge is -2.09. The van der Waals surface area contributed by atoms with Crippen molar-refractivity contribution in [3.63, 3.8) is 0 Å². The second-order valence-electron chi connectivity index (χ2n) is 5.91. The van der Waals surface area contributed by atoms with E-state index in [1.54, 1.807) is 23.0 Å². The maximum Gasteiger partial charge on any atom is 0.223 e. The van der Waals surface area contributed by atoms with Gasteiger partial charge in [-0.2, -0.15) is 5.10 Å². The first kappa shape index (κ1) is 17.4. The Hall–Kier alpha value is -2.47. The summed E-state index contributed by atoms with van der Waals surface area (Å²) in [7, 11) is 0. The SMILES string of the molecule is CC(C)Nc1nccc(-c2cn(CCCl)nc2-c2ccc(F)cc2)n1. The van der Waals surface area contributed by atoms with E-state index in [9.17, 15) is 4.39 Å². The Labute approximate surface area is 150 Å². The second kappa shape index (κ2) is 7.61. The van der Waals surface area contributed by atoms with E-state index in [1.807, 2.05) is 26.1 Å². The molecule has 3 rings (SSSR count). The van der Waals surface area contributed by atoms with E-state index in [0.29, 0.717) is 18.4 Å². The number of hydrogen-bond donors (Lipinski definition) is 1. The van der Waals surface area contributed by atoms with Crippen molar-refractivity contribution in [1.82, 2.24) is 19.7 Å². The van der Waals surface area contributed by atoms with Crippen LogP contribution in [0.1, 0.15) is 13.8 Å². The van der Waals surface area contributed by atoms with Gasteiger partial charge in [0.2, 0.25) is 5.95 Å². The number of anilines is 1. The van der Waals surface area contributed by atoms with Gasteiger partial charge in [0.25, 0.3) is 0 Å². The summed E-state index contributed by atoms with van der Waals surface area (Å²) in [4.78, 5) is 8.82. The van der Waals surface area contributed by atoms with E-state index >= 15 is 0 Å². The summed E-state index contributed by atoms with van der Waals surface area (Å²) in [6, 6.07) is 8.32. The number of benzene rings is 1. The first-order valence-electron chi connectivity index (χ1n) is 8.06. The maximum absolute atomic E-state index is 13.3. The molecule has 0 aliphatic rings. The van der Waals surface area contributed by atoms with Crippen LogP contribution in [0.5, 0.6) is 0 Å². The van der Waals surface area contributed by atoms with Crippen molar-refractivity contribution in [1.29, 1.82) is 0 Å². The molecule has 1 aromatic carbocycles. The first-order chi connectivity index (χ1) is 12.1. The van der Waals surface area contributed by atoms with Gasteiger partial charge in [0.15, 0.2) is 0 Å². The summed E-state index contributed by atoms with van der Waals surface area (Å²) in [6.45, 7) is 4.63. The normalized spacial score (nSPS) is 11.1. The lowest BCUT2D eigenvalue weighted by atomic mass is 10.1. The molecule has 25 heavy (non-hydrogen) atoms. The molecule has 0 saturated heterocycles. The summed E-state index contributed by atoms with van der Waals surface area (Å²) in [5.74, 6) is 0.729. The number of nitrogens with zero attached hydrogens (tertiary/aromatic N) is 4. The summed E-state index contributed by atoms with van der Waals surface area (Å²) in [5, 5.41) is 7.79. The van der Waals surface area contributed by atoms with Crippen molar-refractivity contribution < 1.29 is 4.39 Å². The number of halogens is 2. The zero-order valence-electron chi connectivity index (χ0n) is 14.1. The van der Waals surface area contributed by atoms with Gasteiger partial charge < -0.3 is 5.32 Å². The van der Waals surface area contributed by atoms with Gasteiger partial charge in [-0.25, -0.2) is 14.4 Å². The van der Waals surface area contributed by atoms with Crippen LogP contribution in [0, 0.1) is 5.82 Å². The number of aryl methyl sites for hydroxylation is 1. The van der Waals surface area contributed by atoms with E-state index in [-0.39, 0.29) is 11.9 Å². The molecule has 0 fully saturated rings. The standard InChI is InChI=1S/C18H19ClFN5/c1-12(2)22-18-21-9-7-16(23-18)15-11-25(10-8-19)24-17(15)13-3-5-14(20)6-4-13/h3-7,9,11-12H,8,10H2,1-2H3,(H,21,22,23). The van der Waals surface area contributed by atoms with Crippen molar-refractivity contribution in [3.05, 3.63) is 48.5 Å². The van der Waals surface area contributed by atoms with E-state index < -0.39 is 0 Å². The van der Waals surface area contributed by atoms with Crippen LogP contribution < -0.4 is 5.32 Å². The molecule has 0 atom stereocenters. The van der Waals surface area contributed by atoms with Gasteiger partial charge in [-0.1, -0.05) is 0 Å². The highest BCUT2D eigenvalue weighted by atomic mass is 35.5. The van der Waals surface area contributed by atoms with E-state index in [0.717, 1.165) is 22.5 Å². The Morgan fingerprint density at radius 3 is 2.64 bits per heavy atom. The smallest absolute Gasteiger partial charge is 0.223 e. The van der Waals surface area contributed by atoms with Gasteiger partial charge in [-0.15, -0.1) is 11.6 Å². The molecule has 0 unspecified atom stereocenters. The van der Waals surface area contributed by atoms with Crippen molar-refractivity contribution in [2.75, 3.05) is 11.2 Å². The molecule has 0 aliphatic heterocycles. The molecular formula is C18H19ClFN5. The molecule has 0 radical (unpaired) electrons. The molecule has 1 N–H and O–H groups in total. The molecule has 7 heteroatoms. The Bertz CT molecular complexity index is 845.